The van der Waals surface area contributed by atoms with Crippen molar-refractivity contribution in [3.8, 4) is 5.75 Å². The molecule has 0 radical (unpaired) electrons. The van der Waals surface area contributed by atoms with E-state index in [0.717, 1.165) is 11.3 Å². The van der Waals surface area contributed by atoms with Crippen LogP contribution in [0.1, 0.15) is 37.8 Å². The fourth-order valence-corrected chi connectivity index (χ4v) is 4.35. The first-order valence-corrected chi connectivity index (χ1v) is 11.3. The average molecular weight is 438 g/mol. The number of hydrogen-bond acceptors (Lipinski definition) is 6. The van der Waals surface area contributed by atoms with Gasteiger partial charge >= 0.3 is 0 Å². The number of hydrogen-bond donors (Lipinski definition) is 3. The molecule has 1 aromatic carbocycles. The molecular weight excluding hydrogens is 406 g/mol. The summed E-state index contributed by atoms with van der Waals surface area (Å²) in [6.45, 7) is 3.68. The van der Waals surface area contributed by atoms with E-state index < -0.39 is 0 Å². The molecule has 2 aliphatic rings. The van der Waals surface area contributed by atoms with Gasteiger partial charge in [-0.1, -0.05) is 25.1 Å². The summed E-state index contributed by atoms with van der Waals surface area (Å²) in [5.74, 6) is 1.01. The smallest absolute Gasteiger partial charge is 0.225 e. The van der Waals surface area contributed by atoms with Gasteiger partial charge in [-0.25, -0.2) is 10.9 Å². The maximum Gasteiger partial charge on any atom is 0.225 e. The van der Waals surface area contributed by atoms with E-state index in [1.807, 2.05) is 47.4 Å². The van der Waals surface area contributed by atoms with Crippen LogP contribution >= 0.6 is 0 Å². The Balaban J connectivity index is 1.19. The van der Waals surface area contributed by atoms with Gasteiger partial charge in [0.25, 0.3) is 0 Å². The van der Waals surface area contributed by atoms with Crippen LogP contribution in [0.2, 0.25) is 0 Å². The molecule has 3 atom stereocenters. The van der Waals surface area contributed by atoms with Crippen LogP contribution in [0.3, 0.4) is 0 Å². The number of carbonyl (C=O) groups excluding carboxylic acids is 2. The second-order valence-corrected chi connectivity index (χ2v) is 8.46. The zero-order chi connectivity index (χ0) is 22.3. The van der Waals surface area contributed by atoms with Crippen LogP contribution in [0.5, 0.6) is 5.75 Å². The van der Waals surface area contributed by atoms with Crippen molar-refractivity contribution in [1.82, 2.24) is 26.1 Å². The molecule has 8 heteroatoms. The highest BCUT2D eigenvalue weighted by Crippen LogP contribution is 2.27. The summed E-state index contributed by atoms with van der Waals surface area (Å²) in [4.78, 5) is 31.2. The number of likely N-dealkylation sites (tertiary alicyclic amines) is 1. The molecule has 3 N–H and O–H groups in total. The van der Waals surface area contributed by atoms with E-state index in [2.05, 4.69) is 28.1 Å². The molecule has 1 aromatic heterocycles. The molecule has 170 valence electrons. The Morgan fingerprint density at radius 1 is 1.09 bits per heavy atom. The highest BCUT2D eigenvalue weighted by atomic mass is 16.5. The summed E-state index contributed by atoms with van der Waals surface area (Å²) in [6.07, 6.45) is 5.11. The Morgan fingerprint density at radius 3 is 2.53 bits per heavy atom. The van der Waals surface area contributed by atoms with Crippen molar-refractivity contribution >= 4 is 11.8 Å². The number of para-hydroxylation sites is 1. The Labute approximate surface area is 188 Å². The summed E-state index contributed by atoms with van der Waals surface area (Å²) in [7, 11) is 0. The fraction of sp³-hybridized carbons (Fsp3) is 0.458. The number of aromatic nitrogens is 1. The van der Waals surface area contributed by atoms with Gasteiger partial charge in [0.15, 0.2) is 0 Å². The first kappa shape index (κ1) is 22.2. The lowest BCUT2D eigenvalue weighted by Gasteiger charge is -2.32. The Kier molecular flexibility index (Phi) is 7.34. The Morgan fingerprint density at radius 2 is 1.81 bits per heavy atom. The Bertz CT molecular complexity index is 887. The van der Waals surface area contributed by atoms with E-state index in [0.29, 0.717) is 39.0 Å². The Hall–Kier alpha value is -2.97. The van der Waals surface area contributed by atoms with Gasteiger partial charge in [0.2, 0.25) is 11.8 Å². The topological polar surface area (TPSA) is 95.6 Å². The van der Waals surface area contributed by atoms with Gasteiger partial charge in [0.05, 0.1) is 25.2 Å². The molecule has 32 heavy (non-hydrogen) atoms. The van der Waals surface area contributed by atoms with Crippen LogP contribution in [0, 0.1) is 11.8 Å². The second-order valence-electron chi connectivity index (χ2n) is 8.46. The molecule has 8 nitrogen and oxygen atoms in total. The molecule has 0 bridgehead atoms. The van der Waals surface area contributed by atoms with Gasteiger partial charge in [-0.15, -0.1) is 0 Å². The number of nitrogens with one attached hydrogen (secondary N) is 3. The van der Waals surface area contributed by atoms with Crippen LogP contribution in [-0.4, -0.2) is 47.6 Å². The third kappa shape index (κ3) is 5.44. The quantitative estimate of drug-likeness (QED) is 0.613. The van der Waals surface area contributed by atoms with E-state index in [-0.39, 0.29) is 35.9 Å². The number of nitrogens with zero attached hydrogens (tertiary/aromatic N) is 2. The lowest BCUT2D eigenvalue weighted by molar-refractivity contribution is -0.136. The molecule has 2 aromatic rings. The first-order chi connectivity index (χ1) is 15.6. The lowest BCUT2D eigenvalue weighted by atomic mass is 9.93. The van der Waals surface area contributed by atoms with Crippen molar-refractivity contribution in [2.24, 2.45) is 11.8 Å². The molecule has 0 aliphatic carbocycles. The molecule has 2 fully saturated rings. The van der Waals surface area contributed by atoms with E-state index in [1.54, 1.807) is 12.4 Å². The molecule has 0 spiro atoms. The number of rotatable bonds is 7. The van der Waals surface area contributed by atoms with Crippen molar-refractivity contribution < 1.29 is 14.3 Å². The number of benzene rings is 1. The van der Waals surface area contributed by atoms with Crippen molar-refractivity contribution in [2.75, 3.05) is 19.7 Å². The molecule has 2 aliphatic heterocycles. The van der Waals surface area contributed by atoms with Gasteiger partial charge in [-0.2, -0.15) is 0 Å². The summed E-state index contributed by atoms with van der Waals surface area (Å²) in [5, 5.41) is 3.14. The monoisotopic (exact) mass is 437 g/mol. The van der Waals surface area contributed by atoms with Crippen molar-refractivity contribution in [3.63, 3.8) is 0 Å². The van der Waals surface area contributed by atoms with Crippen LogP contribution in [0.25, 0.3) is 0 Å². The highest BCUT2D eigenvalue weighted by Gasteiger charge is 2.36. The normalized spacial score (nSPS) is 23.7. The van der Waals surface area contributed by atoms with Gasteiger partial charge < -0.3 is 15.0 Å². The standard InChI is InChI=1S/C24H31N5O3/c1-17-22(18-7-12-25-13-8-18)27-28-23(17)26-24(31)19-9-14-29(15-10-19)21(30)11-16-32-20-5-3-2-4-6-20/h2-8,12-13,17,19,22-23,27-28H,9-11,14-16H2,1H3,(H,26,31). The van der Waals surface area contributed by atoms with Crippen molar-refractivity contribution in [3.05, 3.63) is 60.4 Å². The van der Waals surface area contributed by atoms with Crippen LogP contribution in [-0.2, 0) is 9.59 Å². The summed E-state index contributed by atoms with van der Waals surface area (Å²) in [6, 6.07) is 13.6. The molecule has 3 heterocycles. The van der Waals surface area contributed by atoms with E-state index in [4.69, 9.17) is 4.74 Å². The predicted octanol–water partition coefficient (Wildman–Crippen LogP) is 2.02. The van der Waals surface area contributed by atoms with Crippen molar-refractivity contribution in [2.45, 2.75) is 38.4 Å². The molecule has 4 rings (SSSR count). The number of piperidine rings is 1. The van der Waals surface area contributed by atoms with E-state index in [9.17, 15) is 9.59 Å². The van der Waals surface area contributed by atoms with Gasteiger partial charge in [-0.05, 0) is 42.7 Å². The third-order valence-electron chi connectivity index (χ3n) is 6.36. The number of carbonyl (C=O) groups is 2. The first-order valence-electron chi connectivity index (χ1n) is 11.3. The summed E-state index contributed by atoms with van der Waals surface area (Å²) < 4.78 is 5.62. The summed E-state index contributed by atoms with van der Waals surface area (Å²) >= 11 is 0. The second kappa shape index (κ2) is 10.6. The lowest BCUT2D eigenvalue weighted by Crippen LogP contribution is -2.50. The third-order valence-corrected chi connectivity index (χ3v) is 6.36. The van der Waals surface area contributed by atoms with Crippen LogP contribution < -0.4 is 20.9 Å². The molecule has 2 saturated heterocycles. The minimum atomic E-state index is -0.143. The van der Waals surface area contributed by atoms with Crippen molar-refractivity contribution in [1.29, 1.82) is 0 Å². The number of pyridine rings is 1. The number of ether oxygens (including phenoxy) is 1. The maximum absolute atomic E-state index is 12.8. The fourth-order valence-electron chi connectivity index (χ4n) is 4.35. The minimum absolute atomic E-state index is 0.0473. The van der Waals surface area contributed by atoms with E-state index >= 15 is 0 Å². The van der Waals surface area contributed by atoms with E-state index in [1.165, 1.54) is 0 Å². The highest BCUT2D eigenvalue weighted by molar-refractivity contribution is 5.80. The zero-order valence-corrected chi connectivity index (χ0v) is 18.4. The SMILES string of the molecule is CC1C(NC(=O)C2CCN(C(=O)CCOc3ccccc3)CC2)NNC1c1ccncc1. The van der Waals surface area contributed by atoms with Gasteiger partial charge in [0, 0.05) is 37.3 Å². The van der Waals surface area contributed by atoms with Crippen LogP contribution in [0.4, 0.5) is 0 Å². The maximum atomic E-state index is 12.8. The minimum Gasteiger partial charge on any atom is -0.493 e. The van der Waals surface area contributed by atoms with Gasteiger partial charge in [-0.3, -0.25) is 14.6 Å². The number of hydrazine groups is 1. The molecular formula is C24H31N5O3. The molecule has 0 saturated carbocycles. The largest absolute Gasteiger partial charge is 0.493 e. The van der Waals surface area contributed by atoms with Gasteiger partial charge in [0.1, 0.15) is 5.75 Å². The van der Waals surface area contributed by atoms with Crippen LogP contribution in [0.15, 0.2) is 54.9 Å². The summed E-state index contributed by atoms with van der Waals surface area (Å²) in [5.41, 5.74) is 7.62. The average Bonchev–Trinajstić information content (AvgIpc) is 3.20. The molecule has 2 amide bonds. The molecule has 3 unspecified atom stereocenters. The zero-order valence-electron chi connectivity index (χ0n) is 18.4. The predicted molar refractivity (Wildman–Crippen MR) is 120 cm³/mol. The number of amides is 2.